The summed E-state index contributed by atoms with van der Waals surface area (Å²) in [5.41, 5.74) is 3.22. The van der Waals surface area contributed by atoms with E-state index in [1.165, 1.54) is 11.1 Å². The molecule has 0 saturated heterocycles. The molecule has 1 spiro atoms. The van der Waals surface area contributed by atoms with E-state index in [0.29, 0.717) is 44.7 Å². The number of hydrogen-bond donors (Lipinski definition) is 2. The standard InChI is InChI=1S/C33H41ClN2O5S/c1-4-7-8-26(5-2)42(39,40)35-32(38)23-10-14-31-29(18-23)36(19-24-9-12-27(24)30(37)6-3)20-33(21-41-31)16-15-22-17-25(34)11-13-28(22)33/h4,6,10-11,13-14,17-18,24,26-27,30,37H,1,3,5,7-9,12,15-16,19-21H2,2H3,(H,35,38)/t24-,26?,27-,30?,33?/m0/s1. The van der Waals surface area contributed by atoms with Gasteiger partial charge in [0.15, 0.2) is 0 Å². The lowest BCUT2D eigenvalue weighted by Gasteiger charge is -2.43. The van der Waals surface area contributed by atoms with Crippen molar-refractivity contribution < 1.29 is 23.1 Å². The summed E-state index contributed by atoms with van der Waals surface area (Å²) in [7, 11) is -3.86. The molecule has 7 nitrogen and oxygen atoms in total. The molecule has 5 rings (SSSR count). The second-order valence-corrected chi connectivity index (χ2v) is 14.4. The molecule has 1 amide bonds. The first-order valence-electron chi connectivity index (χ1n) is 14.9. The Morgan fingerprint density at radius 3 is 2.76 bits per heavy atom. The van der Waals surface area contributed by atoms with Crippen LogP contribution in [0.5, 0.6) is 5.75 Å². The van der Waals surface area contributed by atoms with Gasteiger partial charge < -0.3 is 14.7 Å². The molecule has 42 heavy (non-hydrogen) atoms. The third-order valence-corrected chi connectivity index (χ3v) is 11.7. The lowest BCUT2D eigenvalue weighted by Crippen LogP contribution is -2.47. The zero-order valence-corrected chi connectivity index (χ0v) is 25.8. The van der Waals surface area contributed by atoms with Gasteiger partial charge in [0.25, 0.3) is 5.91 Å². The van der Waals surface area contributed by atoms with Gasteiger partial charge >= 0.3 is 0 Å². The molecule has 2 aliphatic carbocycles. The maximum absolute atomic E-state index is 13.3. The van der Waals surface area contributed by atoms with Crippen molar-refractivity contribution in [3.05, 3.63) is 83.4 Å². The fraction of sp³-hybridized carbons (Fsp3) is 0.485. The quantitative estimate of drug-likeness (QED) is 0.311. The molecule has 0 aromatic heterocycles. The van der Waals surface area contributed by atoms with Gasteiger partial charge in [0.05, 0.1) is 23.6 Å². The molecular weight excluding hydrogens is 572 g/mol. The van der Waals surface area contributed by atoms with Gasteiger partial charge in [0, 0.05) is 29.1 Å². The molecule has 3 aliphatic rings. The molecule has 9 heteroatoms. The maximum atomic E-state index is 13.3. The summed E-state index contributed by atoms with van der Waals surface area (Å²) in [4.78, 5) is 15.6. The highest BCUT2D eigenvalue weighted by Gasteiger charge is 2.45. The smallest absolute Gasteiger partial charge is 0.264 e. The number of allylic oxidation sites excluding steroid dienone is 1. The van der Waals surface area contributed by atoms with E-state index in [-0.39, 0.29) is 22.8 Å². The first kappa shape index (κ1) is 30.6. The summed E-state index contributed by atoms with van der Waals surface area (Å²) < 4.78 is 34.9. The average Bonchev–Trinajstić information content (AvgIpc) is 3.21. The fourth-order valence-corrected chi connectivity index (χ4v) is 8.52. The van der Waals surface area contributed by atoms with Crippen LogP contribution in [0.15, 0.2) is 61.7 Å². The largest absolute Gasteiger partial charge is 0.490 e. The molecule has 1 fully saturated rings. The number of aliphatic hydroxyl groups is 1. The molecule has 1 heterocycles. The highest BCUT2D eigenvalue weighted by Crippen LogP contribution is 2.47. The minimum absolute atomic E-state index is 0.124. The molecular formula is C33H41ClN2O5S. The number of halogens is 1. The van der Waals surface area contributed by atoms with Crippen molar-refractivity contribution in [3.8, 4) is 5.75 Å². The van der Waals surface area contributed by atoms with E-state index in [4.69, 9.17) is 16.3 Å². The van der Waals surface area contributed by atoms with Gasteiger partial charge in [-0.15, -0.1) is 13.2 Å². The predicted molar refractivity (Wildman–Crippen MR) is 168 cm³/mol. The van der Waals surface area contributed by atoms with E-state index in [9.17, 15) is 18.3 Å². The zero-order valence-electron chi connectivity index (χ0n) is 24.2. The molecule has 2 aromatic carbocycles. The Kier molecular flexibility index (Phi) is 9.07. The third-order valence-electron chi connectivity index (χ3n) is 9.50. The Hall–Kier alpha value is -2.81. The number of anilines is 1. The summed E-state index contributed by atoms with van der Waals surface area (Å²) in [6.07, 6.45) is 7.82. The van der Waals surface area contributed by atoms with Crippen LogP contribution in [0.1, 0.15) is 66.9 Å². The van der Waals surface area contributed by atoms with E-state index in [1.54, 1.807) is 37.3 Å². The number of fused-ring (bicyclic) bond motifs is 3. The van der Waals surface area contributed by atoms with Gasteiger partial charge in [-0.1, -0.05) is 36.7 Å². The molecule has 2 aromatic rings. The van der Waals surface area contributed by atoms with Crippen molar-refractivity contribution in [2.45, 2.75) is 68.6 Å². The number of benzene rings is 2. The molecule has 2 N–H and O–H groups in total. The summed E-state index contributed by atoms with van der Waals surface area (Å²) in [5, 5.41) is 10.6. The second-order valence-electron chi connectivity index (χ2n) is 12.0. The normalized spacial score (nSPS) is 24.4. The number of carbonyl (C=O) groups excluding carboxylic acids is 1. The van der Waals surface area contributed by atoms with Crippen LogP contribution in [0.2, 0.25) is 5.02 Å². The predicted octanol–water partition coefficient (Wildman–Crippen LogP) is 5.80. The van der Waals surface area contributed by atoms with Crippen LogP contribution >= 0.6 is 11.6 Å². The van der Waals surface area contributed by atoms with Crippen LogP contribution in [-0.2, 0) is 21.9 Å². The number of amides is 1. The Balaban J connectivity index is 1.47. The third kappa shape index (κ3) is 5.99. The van der Waals surface area contributed by atoms with Gasteiger partial charge in [-0.3, -0.25) is 4.79 Å². The van der Waals surface area contributed by atoms with Crippen LogP contribution in [0.25, 0.3) is 0 Å². The van der Waals surface area contributed by atoms with Crippen molar-refractivity contribution in [3.63, 3.8) is 0 Å². The number of nitrogens with zero attached hydrogens (tertiary/aromatic N) is 1. The summed E-state index contributed by atoms with van der Waals surface area (Å²) in [6, 6.07) is 11.2. The first-order valence-corrected chi connectivity index (χ1v) is 16.8. The maximum Gasteiger partial charge on any atom is 0.264 e. The Morgan fingerprint density at radius 1 is 1.26 bits per heavy atom. The lowest BCUT2D eigenvalue weighted by molar-refractivity contribution is 0.0461. The Labute approximate surface area is 254 Å². The molecule has 1 saturated carbocycles. The van der Waals surface area contributed by atoms with Gasteiger partial charge in [-0.05, 0) is 98.2 Å². The zero-order chi connectivity index (χ0) is 30.1. The number of hydrogen-bond acceptors (Lipinski definition) is 6. The van der Waals surface area contributed by atoms with E-state index < -0.39 is 27.3 Å². The highest BCUT2D eigenvalue weighted by molar-refractivity contribution is 7.90. The number of ether oxygens (including phenoxy) is 1. The number of carbonyl (C=O) groups is 1. The molecule has 3 unspecified atom stereocenters. The van der Waals surface area contributed by atoms with E-state index in [1.807, 2.05) is 12.1 Å². The van der Waals surface area contributed by atoms with Crippen molar-refractivity contribution in [1.29, 1.82) is 0 Å². The highest BCUT2D eigenvalue weighted by atomic mass is 35.5. The minimum atomic E-state index is -3.86. The molecule has 5 atom stereocenters. The van der Waals surface area contributed by atoms with E-state index in [2.05, 4.69) is 28.8 Å². The summed E-state index contributed by atoms with van der Waals surface area (Å²) in [5.74, 6) is 0.378. The number of aliphatic hydroxyl groups excluding tert-OH is 1. The lowest BCUT2D eigenvalue weighted by atomic mass is 9.70. The van der Waals surface area contributed by atoms with Gasteiger partial charge in [0.1, 0.15) is 5.75 Å². The molecule has 0 bridgehead atoms. The van der Waals surface area contributed by atoms with Crippen molar-refractivity contribution in [1.82, 2.24) is 4.72 Å². The van der Waals surface area contributed by atoms with Crippen molar-refractivity contribution >= 4 is 33.2 Å². The van der Waals surface area contributed by atoms with E-state index in [0.717, 1.165) is 36.4 Å². The molecule has 226 valence electrons. The van der Waals surface area contributed by atoms with Crippen molar-refractivity contribution in [2.75, 3.05) is 24.6 Å². The van der Waals surface area contributed by atoms with Gasteiger partial charge in [-0.25, -0.2) is 13.1 Å². The van der Waals surface area contributed by atoms with Crippen LogP contribution in [0, 0.1) is 11.8 Å². The van der Waals surface area contributed by atoms with Crippen LogP contribution < -0.4 is 14.4 Å². The second kappa shape index (κ2) is 12.4. The summed E-state index contributed by atoms with van der Waals surface area (Å²) in [6.45, 7) is 11.1. The summed E-state index contributed by atoms with van der Waals surface area (Å²) >= 11 is 6.33. The Bertz CT molecular complexity index is 1460. The van der Waals surface area contributed by atoms with Gasteiger partial charge in [0.2, 0.25) is 10.0 Å². The van der Waals surface area contributed by atoms with E-state index >= 15 is 0 Å². The minimum Gasteiger partial charge on any atom is -0.490 e. The van der Waals surface area contributed by atoms with Crippen LogP contribution in [0.4, 0.5) is 5.69 Å². The number of rotatable bonds is 11. The number of sulfonamides is 1. The van der Waals surface area contributed by atoms with Crippen molar-refractivity contribution in [2.24, 2.45) is 11.8 Å². The fourth-order valence-electron chi connectivity index (χ4n) is 6.89. The average molecular weight is 613 g/mol. The monoisotopic (exact) mass is 612 g/mol. The number of nitrogens with one attached hydrogen (secondary N) is 1. The molecule has 0 radical (unpaired) electrons. The number of aryl methyl sites for hydroxylation is 1. The van der Waals surface area contributed by atoms with Crippen LogP contribution in [-0.4, -0.2) is 50.5 Å². The Morgan fingerprint density at radius 2 is 2.07 bits per heavy atom. The SMILES string of the molecule is C=CCCC(CC)S(=O)(=O)NC(=O)c1ccc2c(c1)N(C[C@@H]1CC[C@@H]1C(O)C=C)CC1(CCc3cc(Cl)ccc31)CO2. The van der Waals surface area contributed by atoms with Gasteiger partial charge in [-0.2, -0.15) is 0 Å². The first-order chi connectivity index (χ1) is 20.1. The molecule has 1 aliphatic heterocycles. The van der Waals surface area contributed by atoms with Crippen LogP contribution in [0.3, 0.4) is 0 Å². The topological polar surface area (TPSA) is 95.9 Å².